The van der Waals surface area contributed by atoms with Crippen LogP contribution in [0, 0.1) is 6.92 Å². The van der Waals surface area contributed by atoms with Crippen molar-refractivity contribution >= 4 is 30.7 Å². The van der Waals surface area contributed by atoms with E-state index in [4.69, 9.17) is 4.74 Å². The van der Waals surface area contributed by atoms with Crippen LogP contribution in [0.25, 0.3) is 0 Å². The summed E-state index contributed by atoms with van der Waals surface area (Å²) < 4.78 is 7.64. The second-order valence-electron chi connectivity index (χ2n) is 7.88. The van der Waals surface area contributed by atoms with Gasteiger partial charge in [-0.1, -0.05) is 0 Å². The lowest BCUT2D eigenvalue weighted by atomic mass is 9.99. The van der Waals surface area contributed by atoms with Crippen molar-refractivity contribution in [2.75, 3.05) is 53.4 Å². The highest BCUT2D eigenvalue weighted by Crippen LogP contribution is 2.25. The minimum atomic E-state index is -0.298. The highest BCUT2D eigenvalue weighted by molar-refractivity contribution is 5.95. The molecule has 1 aromatic heterocycles. The Labute approximate surface area is 179 Å². The number of nitrogens with zero attached hydrogens (tertiary/aromatic N) is 3. The van der Waals surface area contributed by atoms with Gasteiger partial charge < -0.3 is 24.4 Å². The molecule has 2 unspecified atom stereocenters. The molecular weight excluding hydrogens is 403 g/mol. The number of carbonyl (C=O) groups is 1. The van der Waals surface area contributed by atoms with Gasteiger partial charge in [-0.25, -0.2) is 0 Å². The fourth-order valence-electron chi connectivity index (χ4n) is 4.02. The highest BCUT2D eigenvalue weighted by atomic mass is 35.5. The molecule has 2 atom stereocenters. The van der Waals surface area contributed by atoms with Crippen LogP contribution in [-0.2, 0) is 4.74 Å². The minimum Gasteiger partial charge on any atom is -0.370 e. The fraction of sp³-hybridized carbons (Fsp3) is 0.684. The fourth-order valence-corrected chi connectivity index (χ4v) is 4.02. The van der Waals surface area contributed by atoms with Crippen LogP contribution in [0.1, 0.15) is 35.3 Å². The van der Waals surface area contributed by atoms with Gasteiger partial charge >= 0.3 is 0 Å². The van der Waals surface area contributed by atoms with Crippen LogP contribution in [0.4, 0.5) is 0 Å². The lowest BCUT2D eigenvalue weighted by molar-refractivity contribution is -0.0867. The standard InChI is InChI=1S/C19H30N4O3.2ClH/c1-14-5-8-23(15(2)11-21(3)4)18(25)16(14)17(24)22-9-10-26-19(13-22)6-7-20-12-19;;/h5,8,15,20H,6-7,9-13H2,1-4H3;2*1H. The predicted molar refractivity (Wildman–Crippen MR) is 115 cm³/mol. The van der Waals surface area contributed by atoms with Crippen molar-refractivity contribution in [2.24, 2.45) is 0 Å². The van der Waals surface area contributed by atoms with E-state index < -0.39 is 0 Å². The van der Waals surface area contributed by atoms with Gasteiger partial charge in [0.05, 0.1) is 18.8 Å². The number of carbonyl (C=O) groups excluding carboxylic acids is 1. The smallest absolute Gasteiger partial charge is 0.263 e. The molecule has 0 radical (unpaired) electrons. The third-order valence-electron chi connectivity index (χ3n) is 5.39. The SMILES string of the molecule is Cc1ccn(C(C)CN(C)C)c(=O)c1C(=O)N1CCOC2(CCNC2)C1.Cl.Cl. The first-order chi connectivity index (χ1) is 12.3. The number of aromatic nitrogens is 1. The molecule has 2 aliphatic heterocycles. The molecule has 2 aliphatic rings. The van der Waals surface area contributed by atoms with Crippen LogP contribution in [0.15, 0.2) is 17.1 Å². The number of rotatable bonds is 4. The molecule has 1 N–H and O–H groups in total. The Kier molecular flexibility index (Phi) is 8.96. The summed E-state index contributed by atoms with van der Waals surface area (Å²) in [6.07, 6.45) is 2.69. The molecule has 1 amide bonds. The molecule has 9 heteroatoms. The van der Waals surface area contributed by atoms with Gasteiger partial charge in [0.1, 0.15) is 5.56 Å². The van der Waals surface area contributed by atoms with Crippen molar-refractivity contribution < 1.29 is 9.53 Å². The molecule has 3 heterocycles. The van der Waals surface area contributed by atoms with Gasteiger partial charge in [0, 0.05) is 31.9 Å². The molecule has 0 aliphatic carbocycles. The van der Waals surface area contributed by atoms with E-state index >= 15 is 0 Å². The second-order valence-corrected chi connectivity index (χ2v) is 7.88. The Hall–Kier alpha value is -1.12. The Bertz CT molecular complexity index is 732. The van der Waals surface area contributed by atoms with E-state index in [9.17, 15) is 9.59 Å². The van der Waals surface area contributed by atoms with E-state index in [-0.39, 0.29) is 47.9 Å². The lowest BCUT2D eigenvalue weighted by Gasteiger charge is -2.40. The van der Waals surface area contributed by atoms with E-state index in [1.54, 1.807) is 15.7 Å². The second kappa shape index (κ2) is 10.1. The zero-order chi connectivity index (χ0) is 18.9. The van der Waals surface area contributed by atoms with Gasteiger partial charge in [0.15, 0.2) is 0 Å². The molecule has 1 aromatic rings. The van der Waals surface area contributed by atoms with Crippen molar-refractivity contribution in [1.29, 1.82) is 0 Å². The number of ether oxygens (including phenoxy) is 1. The summed E-state index contributed by atoms with van der Waals surface area (Å²) in [4.78, 5) is 30.1. The van der Waals surface area contributed by atoms with Crippen LogP contribution in [0.5, 0.6) is 0 Å². The number of hydrogen-bond acceptors (Lipinski definition) is 5. The minimum absolute atomic E-state index is 0. The normalized spacial score (nSPS) is 22.7. The van der Waals surface area contributed by atoms with Crippen LogP contribution in [0.2, 0.25) is 0 Å². The van der Waals surface area contributed by atoms with E-state index in [0.717, 1.165) is 31.6 Å². The molecule has 0 aromatic carbocycles. The Morgan fingerprint density at radius 2 is 2.11 bits per heavy atom. The van der Waals surface area contributed by atoms with Crippen molar-refractivity contribution in [3.8, 4) is 0 Å². The van der Waals surface area contributed by atoms with Gasteiger partial charge in [-0.15, -0.1) is 24.8 Å². The number of nitrogens with one attached hydrogen (secondary N) is 1. The highest BCUT2D eigenvalue weighted by Gasteiger charge is 2.41. The monoisotopic (exact) mass is 434 g/mol. The van der Waals surface area contributed by atoms with Gasteiger partial charge in [-0.2, -0.15) is 0 Å². The Morgan fingerprint density at radius 3 is 2.71 bits per heavy atom. The molecule has 0 bridgehead atoms. The number of hydrogen-bond donors (Lipinski definition) is 1. The predicted octanol–water partition coefficient (Wildman–Crippen LogP) is 1.33. The zero-order valence-electron chi connectivity index (χ0n) is 17.1. The summed E-state index contributed by atoms with van der Waals surface area (Å²) in [6, 6.07) is 1.87. The molecule has 1 spiro atoms. The largest absolute Gasteiger partial charge is 0.370 e. The number of halogens is 2. The number of likely N-dealkylation sites (N-methyl/N-ethyl adjacent to an activating group) is 1. The van der Waals surface area contributed by atoms with Gasteiger partial charge in [-0.05, 0) is 52.5 Å². The molecule has 7 nitrogen and oxygen atoms in total. The number of aryl methyl sites for hydroxylation is 1. The summed E-state index contributed by atoms with van der Waals surface area (Å²) in [5.41, 5.74) is 0.530. The number of amides is 1. The quantitative estimate of drug-likeness (QED) is 0.773. The van der Waals surface area contributed by atoms with Crippen molar-refractivity contribution in [3.63, 3.8) is 0 Å². The van der Waals surface area contributed by atoms with Crippen LogP contribution >= 0.6 is 24.8 Å². The molecule has 2 saturated heterocycles. The molecule has 3 rings (SSSR count). The van der Waals surface area contributed by atoms with Gasteiger partial charge in [0.25, 0.3) is 11.5 Å². The van der Waals surface area contributed by atoms with Gasteiger partial charge in [0.2, 0.25) is 0 Å². The van der Waals surface area contributed by atoms with Gasteiger partial charge in [-0.3, -0.25) is 9.59 Å². The van der Waals surface area contributed by atoms with Crippen LogP contribution in [0.3, 0.4) is 0 Å². The van der Waals surface area contributed by atoms with Crippen molar-refractivity contribution in [3.05, 3.63) is 33.7 Å². The third kappa shape index (κ3) is 5.07. The Balaban J connectivity index is 0.00000196. The maximum atomic E-state index is 13.2. The first kappa shape index (κ1) is 24.9. The van der Waals surface area contributed by atoms with Crippen LogP contribution in [-0.4, -0.2) is 79.3 Å². The molecular formula is C19H32Cl2N4O3. The average molecular weight is 435 g/mol. The first-order valence-electron chi connectivity index (χ1n) is 9.33. The molecule has 160 valence electrons. The first-order valence-corrected chi connectivity index (χ1v) is 9.33. The van der Waals surface area contributed by atoms with Crippen LogP contribution < -0.4 is 10.9 Å². The molecule has 0 saturated carbocycles. The summed E-state index contributed by atoms with van der Waals surface area (Å²) in [5, 5.41) is 3.31. The lowest BCUT2D eigenvalue weighted by Crippen LogP contribution is -2.55. The summed E-state index contributed by atoms with van der Waals surface area (Å²) in [5.74, 6) is -0.173. The summed E-state index contributed by atoms with van der Waals surface area (Å²) in [7, 11) is 3.95. The molecule has 2 fully saturated rings. The summed E-state index contributed by atoms with van der Waals surface area (Å²) in [6.45, 7) is 7.83. The van der Waals surface area contributed by atoms with E-state index in [1.807, 2.05) is 38.9 Å². The van der Waals surface area contributed by atoms with Crippen molar-refractivity contribution in [1.82, 2.24) is 19.7 Å². The topological polar surface area (TPSA) is 66.8 Å². The molecule has 28 heavy (non-hydrogen) atoms. The zero-order valence-corrected chi connectivity index (χ0v) is 18.7. The number of morpholine rings is 1. The maximum absolute atomic E-state index is 13.2. The van der Waals surface area contributed by atoms with E-state index in [2.05, 4.69) is 5.32 Å². The third-order valence-corrected chi connectivity index (χ3v) is 5.39. The Morgan fingerprint density at radius 1 is 1.39 bits per heavy atom. The maximum Gasteiger partial charge on any atom is 0.263 e. The van der Waals surface area contributed by atoms with Crippen molar-refractivity contribution in [2.45, 2.75) is 31.9 Å². The average Bonchev–Trinajstić information content (AvgIpc) is 3.01. The van der Waals surface area contributed by atoms with E-state index in [0.29, 0.717) is 25.3 Å². The van der Waals surface area contributed by atoms with E-state index in [1.165, 1.54) is 0 Å². The summed E-state index contributed by atoms with van der Waals surface area (Å²) >= 11 is 0. The number of pyridine rings is 1.